The van der Waals surface area contributed by atoms with Crippen LogP contribution in [0.25, 0.3) is 10.2 Å². The Morgan fingerprint density at radius 2 is 2.12 bits per heavy atom. The van der Waals surface area contributed by atoms with Gasteiger partial charge in [0.2, 0.25) is 11.8 Å². The summed E-state index contributed by atoms with van der Waals surface area (Å²) in [5.41, 5.74) is 1.12. The van der Waals surface area contributed by atoms with Crippen LogP contribution in [0.2, 0.25) is 0 Å². The number of hydrogen-bond donors (Lipinski definition) is 0. The van der Waals surface area contributed by atoms with Crippen molar-refractivity contribution < 1.29 is 4.42 Å². The van der Waals surface area contributed by atoms with E-state index in [4.69, 9.17) is 9.40 Å². The molecule has 26 heavy (non-hydrogen) atoms. The van der Waals surface area contributed by atoms with Crippen molar-refractivity contribution in [1.29, 1.82) is 0 Å². The molecule has 6 nitrogen and oxygen atoms in total. The van der Waals surface area contributed by atoms with Crippen LogP contribution < -0.4 is 5.56 Å². The first-order chi connectivity index (χ1) is 12.6. The van der Waals surface area contributed by atoms with E-state index in [0.717, 1.165) is 57.4 Å². The van der Waals surface area contributed by atoms with Crippen LogP contribution in [-0.4, -0.2) is 19.7 Å². The second kappa shape index (κ2) is 7.15. The summed E-state index contributed by atoms with van der Waals surface area (Å²) < 4.78 is 7.55. The lowest BCUT2D eigenvalue weighted by atomic mass is 10.2. The van der Waals surface area contributed by atoms with Crippen molar-refractivity contribution in [3.8, 4) is 0 Å². The van der Waals surface area contributed by atoms with E-state index >= 15 is 0 Å². The monoisotopic (exact) mass is 390 g/mol. The molecule has 0 amide bonds. The molecule has 138 valence electrons. The van der Waals surface area contributed by atoms with E-state index in [-0.39, 0.29) is 5.56 Å². The number of aryl methyl sites for hydroxylation is 2. The van der Waals surface area contributed by atoms with E-state index < -0.39 is 0 Å². The van der Waals surface area contributed by atoms with E-state index in [0.29, 0.717) is 24.1 Å². The quantitative estimate of drug-likeness (QED) is 0.439. The highest BCUT2D eigenvalue weighted by Crippen LogP contribution is 2.39. The summed E-state index contributed by atoms with van der Waals surface area (Å²) in [6.07, 6.45) is 4.27. The number of unbranched alkanes of at least 4 members (excludes halogenated alkanes) is 1. The third-order valence-electron chi connectivity index (χ3n) is 4.72. The molecule has 1 saturated carbocycles. The Bertz CT molecular complexity index is 1000. The maximum absolute atomic E-state index is 13.1. The minimum Gasteiger partial charge on any atom is -0.424 e. The van der Waals surface area contributed by atoms with Gasteiger partial charge in [-0.1, -0.05) is 25.1 Å². The molecule has 0 aliphatic heterocycles. The second-order valence-corrected chi connectivity index (χ2v) is 8.91. The molecule has 1 aliphatic carbocycles. The molecule has 8 heteroatoms. The van der Waals surface area contributed by atoms with Gasteiger partial charge in [-0.2, -0.15) is 0 Å². The summed E-state index contributed by atoms with van der Waals surface area (Å²) in [6, 6.07) is 0. The van der Waals surface area contributed by atoms with Gasteiger partial charge in [0.1, 0.15) is 4.83 Å². The van der Waals surface area contributed by atoms with E-state index in [1.807, 2.05) is 18.4 Å². The molecule has 3 aromatic rings. The van der Waals surface area contributed by atoms with Gasteiger partial charge < -0.3 is 4.42 Å². The number of thioether (sulfide) groups is 1. The number of hydrogen-bond acceptors (Lipinski definition) is 7. The topological polar surface area (TPSA) is 73.8 Å². The first-order valence-corrected chi connectivity index (χ1v) is 10.8. The van der Waals surface area contributed by atoms with E-state index in [1.165, 1.54) is 11.8 Å². The highest BCUT2D eigenvalue weighted by molar-refractivity contribution is 7.98. The number of thiophene rings is 1. The van der Waals surface area contributed by atoms with Gasteiger partial charge in [0, 0.05) is 17.3 Å². The molecular formula is C18H22N4O2S2. The van der Waals surface area contributed by atoms with Crippen LogP contribution in [0.15, 0.2) is 14.4 Å². The van der Waals surface area contributed by atoms with Crippen LogP contribution in [0.3, 0.4) is 0 Å². The minimum atomic E-state index is 0.0667. The van der Waals surface area contributed by atoms with Crippen molar-refractivity contribution in [3.05, 3.63) is 32.6 Å². The Morgan fingerprint density at radius 1 is 1.31 bits per heavy atom. The SMILES string of the molecule is CCCCn1c(SCc2nnc(C3CC3)o2)nc2sc(C)c(C)c2c1=O. The van der Waals surface area contributed by atoms with Crippen LogP contribution >= 0.6 is 23.1 Å². The minimum absolute atomic E-state index is 0.0667. The van der Waals surface area contributed by atoms with Crippen molar-refractivity contribution in [3.63, 3.8) is 0 Å². The molecule has 0 radical (unpaired) electrons. The summed E-state index contributed by atoms with van der Waals surface area (Å²) >= 11 is 3.09. The third-order valence-corrected chi connectivity index (χ3v) is 6.79. The van der Waals surface area contributed by atoms with Gasteiger partial charge in [-0.3, -0.25) is 9.36 Å². The fourth-order valence-corrected chi connectivity index (χ4v) is 4.81. The summed E-state index contributed by atoms with van der Waals surface area (Å²) in [6.45, 7) is 6.86. The van der Waals surface area contributed by atoms with Crippen molar-refractivity contribution in [2.75, 3.05) is 0 Å². The normalized spacial score (nSPS) is 14.4. The molecule has 0 N–H and O–H groups in total. The average molecular weight is 391 g/mol. The Hall–Kier alpha value is -1.67. The molecule has 4 rings (SSSR count). The first kappa shape index (κ1) is 17.7. The van der Waals surface area contributed by atoms with Gasteiger partial charge in [0.05, 0.1) is 11.1 Å². The van der Waals surface area contributed by atoms with Crippen LogP contribution in [0.5, 0.6) is 0 Å². The van der Waals surface area contributed by atoms with E-state index in [9.17, 15) is 4.79 Å². The zero-order chi connectivity index (χ0) is 18.3. The number of nitrogens with zero attached hydrogens (tertiary/aromatic N) is 4. The van der Waals surface area contributed by atoms with E-state index in [2.05, 4.69) is 17.1 Å². The second-order valence-electron chi connectivity index (χ2n) is 6.77. The van der Waals surface area contributed by atoms with Gasteiger partial charge in [0.15, 0.2) is 5.16 Å². The van der Waals surface area contributed by atoms with Crippen LogP contribution in [0, 0.1) is 13.8 Å². The number of aromatic nitrogens is 4. The predicted octanol–water partition coefficient (Wildman–Crippen LogP) is 4.43. The largest absolute Gasteiger partial charge is 0.424 e. The van der Waals surface area contributed by atoms with Gasteiger partial charge in [0.25, 0.3) is 5.56 Å². The zero-order valence-corrected chi connectivity index (χ0v) is 16.9. The molecule has 0 bridgehead atoms. The lowest BCUT2D eigenvalue weighted by Crippen LogP contribution is -2.23. The summed E-state index contributed by atoms with van der Waals surface area (Å²) in [4.78, 5) is 19.8. The molecule has 0 atom stereocenters. The molecule has 0 saturated heterocycles. The lowest BCUT2D eigenvalue weighted by molar-refractivity contribution is 0.466. The van der Waals surface area contributed by atoms with Crippen LogP contribution in [0.4, 0.5) is 0 Å². The zero-order valence-electron chi connectivity index (χ0n) is 15.2. The Balaban J connectivity index is 1.65. The molecule has 0 aromatic carbocycles. The molecular weight excluding hydrogens is 368 g/mol. The smallest absolute Gasteiger partial charge is 0.263 e. The molecule has 3 heterocycles. The average Bonchev–Trinajstić information content (AvgIpc) is 3.29. The molecule has 0 spiro atoms. The standard InChI is InChI=1S/C18H22N4O2S2/c1-4-5-8-22-17(23)14-10(2)11(3)26-16(14)19-18(22)25-9-13-20-21-15(24-13)12-6-7-12/h12H,4-9H2,1-3H3. The van der Waals surface area contributed by atoms with Crippen molar-refractivity contribution in [1.82, 2.24) is 19.7 Å². The third kappa shape index (κ3) is 3.32. The Morgan fingerprint density at radius 3 is 2.85 bits per heavy atom. The maximum Gasteiger partial charge on any atom is 0.263 e. The van der Waals surface area contributed by atoms with Crippen molar-refractivity contribution in [2.24, 2.45) is 0 Å². The lowest BCUT2D eigenvalue weighted by Gasteiger charge is -2.11. The van der Waals surface area contributed by atoms with Gasteiger partial charge in [-0.05, 0) is 38.7 Å². The van der Waals surface area contributed by atoms with Crippen LogP contribution in [0.1, 0.15) is 60.7 Å². The first-order valence-electron chi connectivity index (χ1n) is 9.04. The summed E-state index contributed by atoms with van der Waals surface area (Å²) in [5.74, 6) is 2.34. The predicted molar refractivity (Wildman–Crippen MR) is 104 cm³/mol. The Labute approximate surface area is 160 Å². The number of rotatable bonds is 7. The van der Waals surface area contributed by atoms with Gasteiger partial charge >= 0.3 is 0 Å². The molecule has 3 aromatic heterocycles. The Kier molecular flexibility index (Phi) is 4.88. The highest BCUT2D eigenvalue weighted by atomic mass is 32.2. The fourth-order valence-electron chi connectivity index (χ4n) is 2.88. The highest BCUT2D eigenvalue weighted by Gasteiger charge is 2.29. The summed E-state index contributed by atoms with van der Waals surface area (Å²) in [7, 11) is 0. The van der Waals surface area contributed by atoms with Crippen molar-refractivity contribution in [2.45, 2.75) is 69.8 Å². The number of fused-ring (bicyclic) bond motifs is 1. The van der Waals surface area contributed by atoms with Gasteiger partial charge in [-0.25, -0.2) is 4.98 Å². The van der Waals surface area contributed by atoms with Crippen LogP contribution in [-0.2, 0) is 12.3 Å². The summed E-state index contributed by atoms with van der Waals surface area (Å²) in [5, 5.41) is 9.77. The van der Waals surface area contributed by atoms with Gasteiger partial charge in [-0.15, -0.1) is 21.5 Å². The van der Waals surface area contributed by atoms with E-state index in [1.54, 1.807) is 11.3 Å². The maximum atomic E-state index is 13.1. The molecule has 1 aliphatic rings. The molecule has 1 fully saturated rings. The molecule has 0 unspecified atom stereocenters. The van der Waals surface area contributed by atoms with Crippen molar-refractivity contribution >= 4 is 33.3 Å². The fraction of sp³-hybridized carbons (Fsp3) is 0.556.